The summed E-state index contributed by atoms with van der Waals surface area (Å²) in [6.45, 7) is 9.25. The fourth-order valence-electron chi connectivity index (χ4n) is 3.82. The van der Waals surface area contributed by atoms with Gasteiger partial charge in [-0.15, -0.1) is 0 Å². The molecule has 3 aromatic carbocycles. The number of benzene rings is 3. The van der Waals surface area contributed by atoms with E-state index in [-0.39, 0.29) is 0 Å². The third kappa shape index (κ3) is 2.85. The predicted octanol–water partition coefficient (Wildman–Crippen LogP) is 6.42. The molecule has 1 aliphatic rings. The van der Waals surface area contributed by atoms with Gasteiger partial charge < -0.3 is 4.74 Å². The molecule has 0 saturated carbocycles. The molecule has 132 valence electrons. The van der Waals surface area contributed by atoms with E-state index in [9.17, 15) is 0 Å². The van der Waals surface area contributed by atoms with Gasteiger partial charge in [-0.3, -0.25) is 0 Å². The molecule has 0 saturated heterocycles. The maximum Gasteiger partial charge on any atom is 0.136 e. The van der Waals surface area contributed by atoms with Crippen LogP contribution in [-0.2, 0) is 0 Å². The topological polar surface area (TPSA) is 9.23 Å². The van der Waals surface area contributed by atoms with E-state index < -0.39 is 7.92 Å². The second-order valence-corrected chi connectivity index (χ2v) is 10.1. The Hall–Kier alpha value is -2.11. The first kappa shape index (κ1) is 17.3. The van der Waals surface area contributed by atoms with Crippen LogP contribution in [0.2, 0.25) is 0 Å². The largest absolute Gasteiger partial charge is 0.456 e. The number of ether oxygens (including phenoxy) is 1. The molecule has 3 aromatic rings. The molecule has 2 heteroatoms. The summed E-state index contributed by atoms with van der Waals surface area (Å²) >= 11 is 0. The number of hydrogen-bond donors (Lipinski definition) is 0. The van der Waals surface area contributed by atoms with Gasteiger partial charge in [0.15, 0.2) is 0 Å². The van der Waals surface area contributed by atoms with Crippen molar-refractivity contribution in [1.82, 2.24) is 0 Å². The van der Waals surface area contributed by atoms with E-state index in [1.54, 1.807) is 0 Å². The molecule has 0 aliphatic carbocycles. The Balaban J connectivity index is 2.05. The molecule has 0 bridgehead atoms. The predicted molar refractivity (Wildman–Crippen MR) is 114 cm³/mol. The lowest BCUT2D eigenvalue weighted by Crippen LogP contribution is -2.27. The van der Waals surface area contributed by atoms with Gasteiger partial charge in [0.2, 0.25) is 0 Å². The first-order valence-corrected chi connectivity index (χ1v) is 10.8. The van der Waals surface area contributed by atoms with E-state index in [0.717, 1.165) is 11.5 Å². The van der Waals surface area contributed by atoms with Gasteiger partial charge in [-0.2, -0.15) is 0 Å². The number of para-hydroxylation sites is 1. The van der Waals surface area contributed by atoms with Gasteiger partial charge in [0, 0.05) is 10.6 Å². The number of hydrogen-bond acceptors (Lipinski definition) is 1. The lowest BCUT2D eigenvalue weighted by Gasteiger charge is -2.34. The molecule has 0 radical (unpaired) electrons. The van der Waals surface area contributed by atoms with E-state index >= 15 is 0 Å². The average Bonchev–Trinajstić information content (AvgIpc) is 2.65. The zero-order valence-electron chi connectivity index (χ0n) is 15.9. The fourth-order valence-corrected chi connectivity index (χ4v) is 6.59. The first-order valence-electron chi connectivity index (χ1n) is 9.36. The van der Waals surface area contributed by atoms with Gasteiger partial charge in [0.05, 0.1) is 0 Å². The molecule has 1 atom stereocenters. The SMILES string of the molecule is CC(C)c1ccc2c(c1-c1ccccc1)P(C(C)C)c1ccccc1O2. The summed E-state index contributed by atoms with van der Waals surface area (Å²) in [4.78, 5) is 0. The van der Waals surface area contributed by atoms with Crippen LogP contribution >= 0.6 is 7.92 Å². The Morgan fingerprint density at radius 1 is 0.731 bits per heavy atom. The molecule has 1 unspecified atom stereocenters. The van der Waals surface area contributed by atoms with Crippen molar-refractivity contribution >= 4 is 18.5 Å². The average molecular weight is 360 g/mol. The van der Waals surface area contributed by atoms with Gasteiger partial charge in [0.1, 0.15) is 11.5 Å². The standard InChI is InChI=1S/C24H25OP/c1-16(2)19-14-15-21-24(23(19)18-10-6-5-7-11-18)26(17(3)4)22-13-9-8-12-20(22)25-21/h5-17H,1-4H3. The van der Waals surface area contributed by atoms with Crippen molar-refractivity contribution in [1.29, 1.82) is 0 Å². The summed E-state index contributed by atoms with van der Waals surface area (Å²) in [6, 6.07) is 23.8. The van der Waals surface area contributed by atoms with Gasteiger partial charge in [-0.1, -0.05) is 82.3 Å². The monoisotopic (exact) mass is 360 g/mol. The van der Waals surface area contributed by atoms with Crippen LogP contribution in [-0.4, -0.2) is 5.66 Å². The first-order chi connectivity index (χ1) is 12.6. The molecular weight excluding hydrogens is 335 g/mol. The van der Waals surface area contributed by atoms with Gasteiger partial charge in [0.25, 0.3) is 0 Å². The summed E-state index contributed by atoms with van der Waals surface area (Å²) in [6.07, 6.45) is 0. The molecular formula is C24H25OP. The summed E-state index contributed by atoms with van der Waals surface area (Å²) < 4.78 is 6.37. The molecule has 0 aromatic heterocycles. The minimum atomic E-state index is -0.473. The van der Waals surface area contributed by atoms with E-state index in [1.165, 1.54) is 27.3 Å². The highest BCUT2D eigenvalue weighted by atomic mass is 31.1. The maximum absolute atomic E-state index is 6.37. The van der Waals surface area contributed by atoms with Crippen LogP contribution in [0.25, 0.3) is 11.1 Å². The summed E-state index contributed by atoms with van der Waals surface area (Å²) in [5, 5.41) is 2.77. The minimum Gasteiger partial charge on any atom is -0.456 e. The molecule has 1 aliphatic heterocycles. The fraction of sp³-hybridized carbons (Fsp3) is 0.250. The third-order valence-corrected chi connectivity index (χ3v) is 7.81. The van der Waals surface area contributed by atoms with Crippen molar-refractivity contribution in [2.45, 2.75) is 39.3 Å². The zero-order valence-corrected chi connectivity index (χ0v) is 16.8. The Morgan fingerprint density at radius 3 is 2.12 bits per heavy atom. The molecule has 4 rings (SSSR count). The van der Waals surface area contributed by atoms with E-state index in [4.69, 9.17) is 4.74 Å². The quantitative estimate of drug-likeness (QED) is 0.489. The molecule has 0 N–H and O–H groups in total. The normalized spacial score (nSPS) is 15.5. The van der Waals surface area contributed by atoms with Crippen LogP contribution in [0.5, 0.6) is 11.5 Å². The van der Waals surface area contributed by atoms with Crippen LogP contribution in [0, 0.1) is 0 Å². The zero-order chi connectivity index (χ0) is 18.3. The molecule has 1 nitrogen and oxygen atoms in total. The van der Waals surface area contributed by atoms with Crippen LogP contribution in [0.4, 0.5) is 0 Å². The van der Waals surface area contributed by atoms with E-state index in [1.807, 2.05) is 0 Å². The maximum atomic E-state index is 6.37. The third-order valence-electron chi connectivity index (χ3n) is 4.96. The Morgan fingerprint density at radius 2 is 1.42 bits per heavy atom. The Labute approximate surface area is 157 Å². The molecule has 1 heterocycles. The van der Waals surface area contributed by atoms with Crippen molar-refractivity contribution in [3.8, 4) is 22.6 Å². The minimum absolute atomic E-state index is 0.469. The van der Waals surface area contributed by atoms with Gasteiger partial charge >= 0.3 is 0 Å². The van der Waals surface area contributed by atoms with Crippen molar-refractivity contribution < 1.29 is 4.74 Å². The second-order valence-electron chi connectivity index (χ2n) is 7.43. The highest BCUT2D eigenvalue weighted by molar-refractivity contribution is 7.74. The van der Waals surface area contributed by atoms with Gasteiger partial charge in [-0.05, 0) is 48.3 Å². The smallest absolute Gasteiger partial charge is 0.136 e. The van der Waals surface area contributed by atoms with Crippen LogP contribution < -0.4 is 15.3 Å². The summed E-state index contributed by atoms with van der Waals surface area (Å²) in [7, 11) is -0.473. The van der Waals surface area contributed by atoms with Crippen molar-refractivity contribution in [2.75, 3.05) is 0 Å². The Kier molecular flexibility index (Phi) is 4.59. The van der Waals surface area contributed by atoms with Crippen LogP contribution in [0.3, 0.4) is 0 Å². The van der Waals surface area contributed by atoms with Gasteiger partial charge in [-0.25, -0.2) is 0 Å². The lowest BCUT2D eigenvalue weighted by molar-refractivity contribution is 0.488. The Bertz CT molecular complexity index is 928. The molecule has 0 amide bonds. The van der Waals surface area contributed by atoms with Crippen molar-refractivity contribution in [2.24, 2.45) is 0 Å². The van der Waals surface area contributed by atoms with E-state index in [0.29, 0.717) is 11.6 Å². The summed E-state index contributed by atoms with van der Waals surface area (Å²) in [5.74, 6) is 2.53. The molecule has 0 spiro atoms. The van der Waals surface area contributed by atoms with E-state index in [2.05, 4.69) is 94.4 Å². The second kappa shape index (κ2) is 6.89. The molecule has 26 heavy (non-hydrogen) atoms. The summed E-state index contributed by atoms with van der Waals surface area (Å²) in [5.41, 5.74) is 4.64. The lowest BCUT2D eigenvalue weighted by atomic mass is 9.92. The van der Waals surface area contributed by atoms with Crippen LogP contribution in [0.1, 0.15) is 39.2 Å². The molecule has 0 fully saturated rings. The highest BCUT2D eigenvalue weighted by Crippen LogP contribution is 2.52. The number of rotatable bonds is 3. The van der Waals surface area contributed by atoms with Crippen molar-refractivity contribution in [3.05, 3.63) is 72.3 Å². The number of fused-ring (bicyclic) bond motifs is 2. The highest BCUT2D eigenvalue weighted by Gasteiger charge is 2.33. The van der Waals surface area contributed by atoms with Crippen molar-refractivity contribution in [3.63, 3.8) is 0 Å². The van der Waals surface area contributed by atoms with Crippen LogP contribution in [0.15, 0.2) is 66.7 Å².